The van der Waals surface area contributed by atoms with Crippen LogP contribution in [0.4, 0.5) is 5.82 Å². The fourth-order valence-corrected chi connectivity index (χ4v) is 1.67. The molecular weight excluding hydrogens is 294 g/mol. The molecule has 5 heteroatoms. The van der Waals surface area contributed by atoms with Crippen molar-refractivity contribution in [1.29, 1.82) is 0 Å². The maximum atomic E-state index is 11.9. The van der Waals surface area contributed by atoms with Gasteiger partial charge in [0.25, 0.3) is 5.91 Å². The van der Waals surface area contributed by atoms with Gasteiger partial charge in [-0.05, 0) is 53.5 Å². The first-order valence-electron chi connectivity index (χ1n) is 5.43. The molecule has 92 valence electrons. The zero-order chi connectivity index (χ0) is 13.1. The number of nitrogens with zero attached hydrogens (tertiary/aromatic N) is 2. The minimum absolute atomic E-state index is 0.257. The van der Waals surface area contributed by atoms with Gasteiger partial charge in [-0.3, -0.25) is 4.79 Å². The zero-order valence-electron chi connectivity index (χ0n) is 10.1. The predicted molar refractivity (Wildman–Crippen MR) is 73.6 cm³/mol. The number of rotatable bonds is 2. The van der Waals surface area contributed by atoms with E-state index in [1.54, 1.807) is 24.4 Å². The van der Waals surface area contributed by atoms with E-state index in [4.69, 9.17) is 0 Å². The summed E-state index contributed by atoms with van der Waals surface area (Å²) in [4.78, 5) is 20.2. The first kappa shape index (κ1) is 12.7. The standard InChI is InChI=1S/C13H12BrN3O/c1-8-6-12(15-7-10(8)14)17-13(18)11-5-3-4-9(2)16-11/h3-7H,1-2H3,(H,15,17,18). The van der Waals surface area contributed by atoms with E-state index in [1.165, 1.54) is 0 Å². The van der Waals surface area contributed by atoms with Crippen LogP contribution in [-0.4, -0.2) is 15.9 Å². The zero-order valence-corrected chi connectivity index (χ0v) is 11.7. The molecule has 1 N–H and O–H groups in total. The molecule has 0 saturated carbocycles. The van der Waals surface area contributed by atoms with Gasteiger partial charge in [-0.25, -0.2) is 9.97 Å². The van der Waals surface area contributed by atoms with Crippen LogP contribution < -0.4 is 5.32 Å². The maximum Gasteiger partial charge on any atom is 0.275 e. The van der Waals surface area contributed by atoms with Crippen molar-refractivity contribution in [3.8, 4) is 0 Å². The van der Waals surface area contributed by atoms with Crippen molar-refractivity contribution in [3.05, 3.63) is 51.9 Å². The Bertz CT molecular complexity index is 599. The van der Waals surface area contributed by atoms with Gasteiger partial charge in [-0.1, -0.05) is 6.07 Å². The van der Waals surface area contributed by atoms with E-state index < -0.39 is 0 Å². The highest BCUT2D eigenvalue weighted by Crippen LogP contribution is 2.17. The van der Waals surface area contributed by atoms with Crippen LogP contribution in [0.15, 0.2) is 34.9 Å². The van der Waals surface area contributed by atoms with E-state index in [1.807, 2.05) is 19.9 Å². The number of halogens is 1. The van der Waals surface area contributed by atoms with Gasteiger partial charge in [-0.15, -0.1) is 0 Å². The molecule has 18 heavy (non-hydrogen) atoms. The highest BCUT2D eigenvalue weighted by molar-refractivity contribution is 9.10. The second kappa shape index (κ2) is 5.27. The molecule has 0 atom stereocenters. The van der Waals surface area contributed by atoms with Gasteiger partial charge in [0.2, 0.25) is 0 Å². The van der Waals surface area contributed by atoms with Crippen LogP contribution in [0.25, 0.3) is 0 Å². The predicted octanol–water partition coefficient (Wildman–Crippen LogP) is 3.11. The molecule has 0 aliphatic carbocycles. The topological polar surface area (TPSA) is 54.9 Å². The van der Waals surface area contributed by atoms with Crippen molar-refractivity contribution < 1.29 is 4.79 Å². The Morgan fingerprint density at radius 3 is 2.78 bits per heavy atom. The van der Waals surface area contributed by atoms with E-state index in [2.05, 4.69) is 31.2 Å². The number of hydrogen-bond donors (Lipinski definition) is 1. The molecule has 0 spiro atoms. The van der Waals surface area contributed by atoms with Crippen molar-refractivity contribution in [2.75, 3.05) is 5.32 Å². The lowest BCUT2D eigenvalue weighted by Crippen LogP contribution is -2.15. The van der Waals surface area contributed by atoms with Crippen molar-refractivity contribution in [3.63, 3.8) is 0 Å². The van der Waals surface area contributed by atoms with Gasteiger partial charge in [0, 0.05) is 16.4 Å². The van der Waals surface area contributed by atoms with Gasteiger partial charge in [-0.2, -0.15) is 0 Å². The second-order valence-corrected chi connectivity index (χ2v) is 4.79. The smallest absolute Gasteiger partial charge is 0.275 e. The molecule has 4 nitrogen and oxygen atoms in total. The minimum atomic E-state index is -0.257. The Balaban J connectivity index is 2.18. The van der Waals surface area contributed by atoms with Crippen LogP contribution in [-0.2, 0) is 0 Å². The highest BCUT2D eigenvalue weighted by Gasteiger charge is 2.08. The normalized spacial score (nSPS) is 10.2. The largest absolute Gasteiger partial charge is 0.305 e. The van der Waals surface area contributed by atoms with Crippen molar-refractivity contribution >= 4 is 27.7 Å². The number of carbonyl (C=O) groups is 1. The number of pyridine rings is 2. The average molecular weight is 306 g/mol. The lowest BCUT2D eigenvalue weighted by molar-refractivity contribution is 0.102. The minimum Gasteiger partial charge on any atom is -0.305 e. The quantitative estimate of drug-likeness (QED) is 0.927. The number of aryl methyl sites for hydroxylation is 2. The summed E-state index contributed by atoms with van der Waals surface area (Å²) in [5, 5.41) is 2.72. The summed E-state index contributed by atoms with van der Waals surface area (Å²) in [6.45, 7) is 3.78. The highest BCUT2D eigenvalue weighted by atomic mass is 79.9. The molecule has 0 saturated heterocycles. The first-order valence-corrected chi connectivity index (χ1v) is 6.23. The molecule has 2 heterocycles. The van der Waals surface area contributed by atoms with E-state index >= 15 is 0 Å². The number of aromatic nitrogens is 2. The Morgan fingerprint density at radius 2 is 2.11 bits per heavy atom. The molecule has 2 aromatic rings. The van der Waals surface area contributed by atoms with E-state index in [0.29, 0.717) is 11.5 Å². The number of amides is 1. The number of nitrogens with one attached hydrogen (secondary N) is 1. The van der Waals surface area contributed by atoms with E-state index in [0.717, 1.165) is 15.7 Å². The molecule has 2 aromatic heterocycles. The number of hydrogen-bond acceptors (Lipinski definition) is 3. The number of carbonyl (C=O) groups excluding carboxylic acids is 1. The molecule has 0 aliphatic heterocycles. The van der Waals surface area contributed by atoms with Gasteiger partial charge in [0.1, 0.15) is 11.5 Å². The van der Waals surface area contributed by atoms with Gasteiger partial charge >= 0.3 is 0 Å². The third-order valence-electron chi connectivity index (χ3n) is 2.41. The Kier molecular flexibility index (Phi) is 3.72. The molecule has 2 rings (SSSR count). The number of anilines is 1. The van der Waals surface area contributed by atoms with Gasteiger partial charge in [0.05, 0.1) is 0 Å². The summed E-state index contributed by atoms with van der Waals surface area (Å²) in [7, 11) is 0. The van der Waals surface area contributed by atoms with Crippen LogP contribution in [0.1, 0.15) is 21.7 Å². The lowest BCUT2D eigenvalue weighted by Gasteiger charge is -2.06. The van der Waals surface area contributed by atoms with Crippen LogP contribution in [0.5, 0.6) is 0 Å². The van der Waals surface area contributed by atoms with Gasteiger partial charge in [0.15, 0.2) is 0 Å². The molecule has 0 bridgehead atoms. The summed E-state index contributed by atoms with van der Waals surface area (Å²) in [5.74, 6) is 0.261. The Hall–Kier alpha value is -1.75. The van der Waals surface area contributed by atoms with E-state index in [9.17, 15) is 4.79 Å². The van der Waals surface area contributed by atoms with Gasteiger partial charge < -0.3 is 5.32 Å². The fourth-order valence-electron chi connectivity index (χ4n) is 1.46. The third-order valence-corrected chi connectivity index (χ3v) is 3.24. The molecule has 0 fully saturated rings. The summed E-state index contributed by atoms with van der Waals surface area (Å²) in [5.41, 5.74) is 2.21. The van der Waals surface area contributed by atoms with Crippen LogP contribution in [0.3, 0.4) is 0 Å². The summed E-state index contributed by atoms with van der Waals surface area (Å²) in [6.07, 6.45) is 1.66. The van der Waals surface area contributed by atoms with Crippen molar-refractivity contribution in [1.82, 2.24) is 9.97 Å². The van der Waals surface area contributed by atoms with Crippen molar-refractivity contribution in [2.45, 2.75) is 13.8 Å². The second-order valence-electron chi connectivity index (χ2n) is 3.94. The third kappa shape index (κ3) is 2.92. The molecule has 0 aliphatic rings. The maximum absolute atomic E-state index is 11.9. The summed E-state index contributed by atoms with van der Waals surface area (Å²) < 4.78 is 0.911. The van der Waals surface area contributed by atoms with E-state index in [-0.39, 0.29) is 5.91 Å². The fraction of sp³-hybridized carbons (Fsp3) is 0.154. The Labute approximate surface area is 114 Å². The molecule has 0 radical (unpaired) electrons. The Morgan fingerprint density at radius 1 is 1.33 bits per heavy atom. The SMILES string of the molecule is Cc1cccc(C(=O)Nc2cc(C)c(Br)cn2)n1. The lowest BCUT2D eigenvalue weighted by atomic mass is 10.3. The average Bonchev–Trinajstić information content (AvgIpc) is 2.34. The summed E-state index contributed by atoms with van der Waals surface area (Å²) >= 11 is 3.36. The summed E-state index contributed by atoms with van der Waals surface area (Å²) in [6, 6.07) is 7.13. The van der Waals surface area contributed by atoms with Crippen LogP contribution >= 0.6 is 15.9 Å². The van der Waals surface area contributed by atoms with Crippen LogP contribution in [0, 0.1) is 13.8 Å². The monoisotopic (exact) mass is 305 g/mol. The first-order chi connectivity index (χ1) is 8.56. The molecule has 1 amide bonds. The molecule has 0 aromatic carbocycles. The van der Waals surface area contributed by atoms with Crippen LogP contribution in [0.2, 0.25) is 0 Å². The molecular formula is C13H12BrN3O. The van der Waals surface area contributed by atoms with Crippen molar-refractivity contribution in [2.24, 2.45) is 0 Å². The molecule has 0 unspecified atom stereocenters.